The number of hydrogen-bond acceptors (Lipinski definition) is 5. The highest BCUT2D eigenvalue weighted by Gasteiger charge is 2.18. The number of nitrogens with zero attached hydrogens (tertiary/aromatic N) is 1. The molecule has 0 aliphatic heterocycles. The number of carbonyl (C=O) groups excluding carboxylic acids is 3. The van der Waals surface area contributed by atoms with E-state index in [0.29, 0.717) is 11.1 Å². The van der Waals surface area contributed by atoms with Crippen molar-refractivity contribution in [3.8, 4) is 0 Å². The second-order valence-corrected chi connectivity index (χ2v) is 5.98. The van der Waals surface area contributed by atoms with E-state index in [2.05, 4.69) is 16.2 Å². The molecule has 0 aromatic heterocycles. The summed E-state index contributed by atoms with van der Waals surface area (Å²) in [4.78, 5) is 46.0. The van der Waals surface area contributed by atoms with Gasteiger partial charge in [0.1, 0.15) is 0 Å². The maximum Gasteiger partial charge on any atom is 0.337 e. The number of quaternary nitrogens is 1. The van der Waals surface area contributed by atoms with Crippen LogP contribution in [-0.4, -0.2) is 61.1 Å². The topological polar surface area (TPSA) is 137 Å². The monoisotopic (exact) mass is 431 g/mol. The van der Waals surface area contributed by atoms with Gasteiger partial charge in [0.2, 0.25) is 5.91 Å². The molecule has 0 fully saturated rings. The third-order valence-corrected chi connectivity index (χ3v) is 2.87. The van der Waals surface area contributed by atoms with E-state index in [1.807, 2.05) is 26.6 Å². The van der Waals surface area contributed by atoms with Crippen molar-refractivity contribution in [1.82, 2.24) is 16.3 Å². The lowest BCUT2D eigenvalue weighted by Gasteiger charge is -2.23. The number of benzene rings is 1. The van der Waals surface area contributed by atoms with Gasteiger partial charge in [-0.3, -0.25) is 29.8 Å². The smallest absolute Gasteiger partial charge is 0.337 e. The van der Waals surface area contributed by atoms with Crippen LogP contribution in [0.15, 0.2) is 24.3 Å². The van der Waals surface area contributed by atoms with Crippen LogP contribution in [0.4, 0.5) is 5.69 Å². The molecule has 0 saturated heterocycles. The van der Waals surface area contributed by atoms with Crippen LogP contribution in [0.1, 0.15) is 16.8 Å². The van der Waals surface area contributed by atoms with Gasteiger partial charge < -0.3 is 27.4 Å². The van der Waals surface area contributed by atoms with Crippen LogP contribution in [-0.2, 0) is 14.4 Å². The first kappa shape index (κ1) is 23.5. The van der Waals surface area contributed by atoms with E-state index in [4.69, 9.17) is 5.11 Å². The lowest BCUT2D eigenvalue weighted by atomic mass is 10.2. The van der Waals surface area contributed by atoms with Gasteiger partial charge in [-0.15, -0.1) is 0 Å². The Balaban J connectivity index is 0.00000625. The summed E-state index contributed by atoms with van der Waals surface area (Å²) in [6.07, 6.45) is 0.0965. The quantitative estimate of drug-likeness (QED) is 0.177. The summed E-state index contributed by atoms with van der Waals surface area (Å²) in [5.74, 6) is -3.94. The zero-order valence-electron chi connectivity index (χ0n) is 14.6. The van der Waals surface area contributed by atoms with E-state index in [1.165, 1.54) is 24.3 Å². The largest absolute Gasteiger partial charge is 1.00 e. The van der Waals surface area contributed by atoms with Gasteiger partial charge in [-0.1, -0.05) is 12.1 Å². The molecule has 5 N–H and O–H groups in total. The Labute approximate surface area is 161 Å². The average molecular weight is 432 g/mol. The molecule has 26 heavy (non-hydrogen) atoms. The summed E-state index contributed by atoms with van der Waals surface area (Å²) < 4.78 is 0.463. The van der Waals surface area contributed by atoms with Crippen molar-refractivity contribution < 1.29 is 45.9 Å². The molecule has 0 saturated carbocycles. The third kappa shape index (κ3) is 8.55. The molecule has 0 radical (unpaired) electrons. The lowest BCUT2D eigenvalue weighted by molar-refractivity contribution is -0.915. The van der Waals surface area contributed by atoms with Crippen molar-refractivity contribution in [2.45, 2.75) is 6.42 Å². The summed E-state index contributed by atoms with van der Waals surface area (Å²) in [5, 5.41) is 11.2. The fourth-order valence-corrected chi connectivity index (χ4v) is 1.71. The van der Waals surface area contributed by atoms with E-state index >= 15 is 0 Å². The molecule has 0 heterocycles. The molecule has 10 nitrogen and oxygen atoms in total. The van der Waals surface area contributed by atoms with Crippen LogP contribution in [0.5, 0.6) is 0 Å². The predicted molar refractivity (Wildman–Crippen MR) is 89.0 cm³/mol. The van der Waals surface area contributed by atoms with Crippen molar-refractivity contribution in [3.05, 3.63) is 29.8 Å². The van der Waals surface area contributed by atoms with E-state index in [9.17, 15) is 19.2 Å². The molecule has 0 aliphatic rings. The van der Waals surface area contributed by atoms with Gasteiger partial charge in [-0.2, -0.15) is 5.43 Å². The molecule has 0 bridgehead atoms. The highest BCUT2D eigenvalue weighted by molar-refractivity contribution is 6.40. The number of aromatic carboxylic acids is 1. The molecule has 1 aromatic carbocycles. The van der Waals surface area contributed by atoms with E-state index in [1.54, 1.807) is 0 Å². The summed E-state index contributed by atoms with van der Waals surface area (Å²) in [5.41, 5.74) is 6.95. The van der Waals surface area contributed by atoms with Gasteiger partial charge >= 0.3 is 17.8 Å². The van der Waals surface area contributed by atoms with Gasteiger partial charge in [-0.25, -0.2) is 4.79 Å². The lowest BCUT2D eigenvalue weighted by Crippen LogP contribution is -3.00. The van der Waals surface area contributed by atoms with Crippen LogP contribution >= 0.6 is 0 Å². The van der Waals surface area contributed by atoms with Crippen LogP contribution in [0.3, 0.4) is 0 Å². The number of hydrazine groups is 1. The van der Waals surface area contributed by atoms with E-state index < -0.39 is 23.7 Å². The minimum atomic E-state index is -1.24. The molecule has 1 aromatic rings. The molecular weight excluding hydrogens is 410 g/mol. The molecule has 3 amide bonds. The fraction of sp³-hybridized carbons (Fsp3) is 0.333. The molecule has 11 heteroatoms. The summed E-state index contributed by atoms with van der Waals surface area (Å²) in [6, 6.07) is 5.65. The van der Waals surface area contributed by atoms with Crippen molar-refractivity contribution in [2.24, 2.45) is 0 Å². The third-order valence-electron chi connectivity index (χ3n) is 2.87. The van der Waals surface area contributed by atoms with Gasteiger partial charge in [0, 0.05) is 6.42 Å². The SMILES string of the molecule is C[N+](C)(C)NCCC(=O)NNC(=O)C(=O)Nc1ccccc1C(=O)O.[Br-]. The van der Waals surface area contributed by atoms with E-state index in [-0.39, 0.29) is 34.7 Å². The number of hydrogen-bond donors (Lipinski definition) is 5. The average Bonchev–Trinajstić information content (AvgIpc) is 2.51. The Hall–Kier alpha value is -2.50. The molecule has 1 rings (SSSR count). The van der Waals surface area contributed by atoms with Crippen LogP contribution in [0.25, 0.3) is 0 Å². The summed E-state index contributed by atoms with van der Waals surface area (Å²) in [7, 11) is 5.66. The Morgan fingerprint density at radius 3 is 2.19 bits per heavy atom. The second kappa shape index (κ2) is 10.5. The molecule has 0 unspecified atom stereocenters. The highest BCUT2D eigenvalue weighted by Crippen LogP contribution is 2.14. The van der Waals surface area contributed by atoms with Gasteiger partial charge in [-0.05, 0) is 12.1 Å². The fourth-order valence-electron chi connectivity index (χ4n) is 1.71. The normalized spacial score (nSPS) is 10.3. The number of carboxylic acids is 1. The van der Waals surface area contributed by atoms with Crippen molar-refractivity contribution in [2.75, 3.05) is 33.0 Å². The number of carbonyl (C=O) groups is 4. The molecule has 144 valence electrons. The van der Waals surface area contributed by atoms with Gasteiger partial charge in [0.15, 0.2) is 0 Å². The number of para-hydroxylation sites is 1. The highest BCUT2D eigenvalue weighted by atomic mass is 79.9. The maximum atomic E-state index is 11.8. The number of rotatable bonds is 6. The predicted octanol–water partition coefficient (Wildman–Crippen LogP) is -3.92. The minimum Gasteiger partial charge on any atom is -1.00 e. The van der Waals surface area contributed by atoms with Crippen LogP contribution < -0.4 is 38.6 Å². The first-order chi connectivity index (χ1) is 11.6. The number of amides is 3. The number of anilines is 1. The number of halogens is 1. The first-order valence-electron chi connectivity index (χ1n) is 7.39. The van der Waals surface area contributed by atoms with Crippen molar-refractivity contribution in [1.29, 1.82) is 0 Å². The number of carboxylic acid groups (broad SMARTS) is 1. The zero-order valence-corrected chi connectivity index (χ0v) is 16.2. The summed E-state index contributed by atoms with van der Waals surface area (Å²) in [6.45, 7) is 0.378. The standard InChI is InChI=1S/C15H21N5O5.BrH/c1-20(2,3)16-9-8-12(21)18-19-14(23)13(22)17-11-7-5-4-6-10(11)15(24)25;/h4-7,16H,8-9H2,1-3H3,(H3-,17,18,19,21,22,23,24,25);1H. The van der Waals surface area contributed by atoms with Crippen molar-refractivity contribution in [3.63, 3.8) is 0 Å². The minimum absolute atomic E-state index is 0. The zero-order chi connectivity index (χ0) is 19.0. The number of nitrogens with one attached hydrogen (secondary N) is 4. The van der Waals surface area contributed by atoms with Crippen molar-refractivity contribution >= 4 is 29.4 Å². The molecule has 0 aliphatic carbocycles. The first-order valence-corrected chi connectivity index (χ1v) is 7.39. The Kier molecular flexibility index (Phi) is 9.47. The van der Waals surface area contributed by atoms with Crippen LogP contribution in [0.2, 0.25) is 0 Å². The van der Waals surface area contributed by atoms with Crippen LogP contribution in [0, 0.1) is 0 Å². The molecule has 0 atom stereocenters. The molecular formula is C15H22BrN5O5. The maximum absolute atomic E-state index is 11.8. The Bertz CT molecular complexity index is 675. The summed E-state index contributed by atoms with van der Waals surface area (Å²) >= 11 is 0. The van der Waals surface area contributed by atoms with E-state index in [0.717, 1.165) is 0 Å². The Morgan fingerprint density at radius 1 is 1.00 bits per heavy atom. The second-order valence-electron chi connectivity index (χ2n) is 5.98. The Morgan fingerprint density at radius 2 is 1.62 bits per heavy atom. The van der Waals surface area contributed by atoms with Gasteiger partial charge in [0.05, 0.1) is 38.9 Å². The van der Waals surface area contributed by atoms with Gasteiger partial charge in [0.25, 0.3) is 0 Å². The molecule has 0 spiro atoms.